The first-order chi connectivity index (χ1) is 20.4. The Hall–Kier alpha value is -3.86. The zero-order valence-corrected chi connectivity index (χ0v) is 23.6. The molecule has 1 aromatic carbocycles. The van der Waals surface area contributed by atoms with Crippen molar-refractivity contribution in [3.8, 4) is 0 Å². The van der Waals surface area contributed by atoms with Crippen molar-refractivity contribution < 1.29 is 19.0 Å². The number of carboxylic acid groups (broad SMARTS) is 1. The average molecular weight is 589 g/mol. The molecular formula is C31H30ClFN6O3. The van der Waals surface area contributed by atoms with E-state index in [4.69, 9.17) is 26.3 Å². The maximum Gasteiger partial charge on any atom is 0.354 e. The molecule has 2 fully saturated rings. The van der Waals surface area contributed by atoms with Crippen LogP contribution in [0.25, 0.3) is 22.2 Å². The number of likely N-dealkylation sites (tertiary alicyclic amines) is 1. The lowest BCUT2D eigenvalue weighted by atomic mass is 9.90. The quantitative estimate of drug-likeness (QED) is 0.244. The van der Waals surface area contributed by atoms with Crippen LogP contribution >= 0.6 is 11.6 Å². The van der Waals surface area contributed by atoms with E-state index in [1.165, 1.54) is 17.7 Å². The molecule has 0 radical (unpaired) electrons. The first kappa shape index (κ1) is 27.0. The number of pyridine rings is 2. The highest BCUT2D eigenvalue weighted by Crippen LogP contribution is 2.33. The molecule has 6 heterocycles. The zero-order valence-electron chi connectivity index (χ0n) is 22.9. The predicted molar refractivity (Wildman–Crippen MR) is 156 cm³/mol. The van der Waals surface area contributed by atoms with Crippen molar-refractivity contribution in [3.05, 3.63) is 87.8 Å². The van der Waals surface area contributed by atoms with Crippen molar-refractivity contribution in [1.82, 2.24) is 29.4 Å². The summed E-state index contributed by atoms with van der Waals surface area (Å²) in [5.41, 5.74) is 5.81. The summed E-state index contributed by atoms with van der Waals surface area (Å²) in [5, 5.41) is 9.84. The fourth-order valence-corrected chi connectivity index (χ4v) is 6.20. The van der Waals surface area contributed by atoms with E-state index in [1.54, 1.807) is 18.2 Å². The van der Waals surface area contributed by atoms with Gasteiger partial charge >= 0.3 is 5.97 Å². The van der Waals surface area contributed by atoms with Gasteiger partial charge in [-0.25, -0.2) is 19.2 Å². The molecular weight excluding hydrogens is 559 g/mol. The summed E-state index contributed by atoms with van der Waals surface area (Å²) in [4.78, 5) is 31.5. The minimum Gasteiger partial charge on any atom is -0.477 e. The second kappa shape index (κ2) is 11.1. The Bertz CT molecular complexity index is 1790. The van der Waals surface area contributed by atoms with Gasteiger partial charge in [-0.1, -0.05) is 17.7 Å². The summed E-state index contributed by atoms with van der Waals surface area (Å²) in [7, 11) is 0. The number of rotatable bonds is 8. The average Bonchev–Trinajstić information content (AvgIpc) is 3.53. The lowest BCUT2D eigenvalue weighted by molar-refractivity contribution is -0.0593. The van der Waals surface area contributed by atoms with Crippen molar-refractivity contribution in [2.75, 3.05) is 19.7 Å². The molecule has 0 bridgehead atoms. The van der Waals surface area contributed by atoms with Gasteiger partial charge in [0, 0.05) is 29.9 Å². The highest BCUT2D eigenvalue weighted by Gasteiger charge is 2.27. The van der Waals surface area contributed by atoms with Crippen LogP contribution in [-0.4, -0.2) is 66.3 Å². The number of benzene rings is 1. The van der Waals surface area contributed by atoms with Gasteiger partial charge in [0.1, 0.15) is 17.2 Å². The maximum atomic E-state index is 14.4. The summed E-state index contributed by atoms with van der Waals surface area (Å²) < 4.78 is 22.1. The third kappa shape index (κ3) is 5.26. The van der Waals surface area contributed by atoms with Crippen molar-refractivity contribution in [3.63, 3.8) is 0 Å². The molecule has 11 heteroatoms. The van der Waals surface area contributed by atoms with Crippen LogP contribution < -0.4 is 0 Å². The monoisotopic (exact) mass is 588 g/mol. The smallest absolute Gasteiger partial charge is 0.354 e. The predicted octanol–water partition coefficient (Wildman–Crippen LogP) is 5.56. The number of nitrogens with zero attached hydrogens (tertiary/aromatic N) is 5. The molecule has 42 heavy (non-hydrogen) atoms. The number of piperidine rings is 1. The summed E-state index contributed by atoms with van der Waals surface area (Å²) >= 11 is 5.92. The van der Waals surface area contributed by atoms with Gasteiger partial charge in [-0.05, 0) is 85.8 Å². The normalized spacial score (nSPS) is 18.1. The number of carbonyl (C=O) groups is 1. The molecule has 0 amide bonds. The van der Waals surface area contributed by atoms with Crippen LogP contribution in [0.15, 0.2) is 48.7 Å². The van der Waals surface area contributed by atoms with E-state index in [-0.39, 0.29) is 17.6 Å². The molecule has 2 aliphatic rings. The van der Waals surface area contributed by atoms with Crippen LogP contribution in [0.4, 0.5) is 4.39 Å². The van der Waals surface area contributed by atoms with Gasteiger partial charge in [0.15, 0.2) is 11.3 Å². The molecule has 2 aliphatic heterocycles. The third-order valence-corrected chi connectivity index (χ3v) is 8.69. The van der Waals surface area contributed by atoms with Gasteiger partial charge in [0.2, 0.25) is 0 Å². The summed E-state index contributed by atoms with van der Waals surface area (Å²) in [5.74, 6) is -0.143. The molecule has 0 aliphatic carbocycles. The van der Waals surface area contributed by atoms with Crippen molar-refractivity contribution >= 4 is 39.8 Å². The summed E-state index contributed by atoms with van der Waals surface area (Å²) in [6, 6.07) is 12.0. The standard InChI is InChI=1S/C31H30ClFN6O3/c32-20-2-1-19(24(33)14-20)13-21-3-4-25-29(35-21)23(15-34-25)18-7-10-38(11-8-18)17-28-36-26-5-6-27(31(40)41)37-30(26)39(28)16-22-9-12-42-22/h1-6,14-15,18,22,34H,7-13,16-17H2,(H,40,41)/t22-/m0/s1. The highest BCUT2D eigenvalue weighted by atomic mass is 35.5. The Morgan fingerprint density at radius 1 is 1.10 bits per heavy atom. The summed E-state index contributed by atoms with van der Waals surface area (Å²) in [6.07, 6.45) is 5.47. The number of imidazole rings is 1. The van der Waals surface area contributed by atoms with Crippen molar-refractivity contribution in [2.24, 2.45) is 0 Å². The molecule has 0 unspecified atom stereocenters. The third-order valence-electron chi connectivity index (χ3n) is 8.46. The molecule has 5 aromatic rings. The molecule has 9 nitrogen and oxygen atoms in total. The molecule has 0 spiro atoms. The number of carboxylic acids is 1. The second-order valence-corrected chi connectivity index (χ2v) is 11.6. The number of hydrogen-bond acceptors (Lipinski definition) is 6. The topological polar surface area (TPSA) is 109 Å². The molecule has 216 valence electrons. The number of halogens is 2. The van der Waals surface area contributed by atoms with Crippen LogP contribution in [0.1, 0.15) is 58.3 Å². The fourth-order valence-electron chi connectivity index (χ4n) is 6.04. The number of aromatic amines is 1. The van der Waals surface area contributed by atoms with Crippen LogP contribution in [0.2, 0.25) is 5.02 Å². The van der Waals surface area contributed by atoms with Crippen LogP contribution in [0.5, 0.6) is 0 Å². The Kier molecular flexibility index (Phi) is 7.13. The number of fused-ring (bicyclic) bond motifs is 2. The summed E-state index contributed by atoms with van der Waals surface area (Å²) in [6.45, 7) is 3.80. The molecule has 1 atom stereocenters. The van der Waals surface area contributed by atoms with Crippen molar-refractivity contribution in [2.45, 2.75) is 50.8 Å². The minimum atomic E-state index is -1.05. The van der Waals surface area contributed by atoms with Crippen LogP contribution in [0, 0.1) is 5.82 Å². The highest BCUT2D eigenvalue weighted by molar-refractivity contribution is 6.30. The first-order valence-electron chi connectivity index (χ1n) is 14.3. The van der Waals surface area contributed by atoms with Crippen LogP contribution in [-0.2, 0) is 24.2 Å². The van der Waals surface area contributed by atoms with Gasteiger partial charge in [-0.2, -0.15) is 0 Å². The molecule has 7 rings (SSSR count). The zero-order chi connectivity index (χ0) is 28.8. The number of H-pyrrole nitrogens is 1. The molecule has 0 saturated carbocycles. The van der Waals surface area contributed by atoms with Gasteiger partial charge in [0.05, 0.1) is 30.2 Å². The number of aromatic nitrogens is 5. The van der Waals surface area contributed by atoms with Gasteiger partial charge < -0.3 is 19.4 Å². The lowest BCUT2D eigenvalue weighted by Crippen LogP contribution is -2.35. The Labute approximate surface area is 246 Å². The molecule has 2 N–H and O–H groups in total. The lowest BCUT2D eigenvalue weighted by Gasteiger charge is -2.32. The second-order valence-electron chi connectivity index (χ2n) is 11.2. The molecule has 4 aromatic heterocycles. The fraction of sp³-hybridized carbons (Fsp3) is 0.355. The van der Waals surface area contributed by atoms with E-state index < -0.39 is 5.97 Å². The van der Waals surface area contributed by atoms with E-state index in [0.717, 1.165) is 61.5 Å². The Morgan fingerprint density at radius 2 is 1.93 bits per heavy atom. The largest absolute Gasteiger partial charge is 0.477 e. The van der Waals surface area contributed by atoms with E-state index in [0.29, 0.717) is 47.2 Å². The number of ether oxygens (including phenoxy) is 1. The number of hydrogen-bond donors (Lipinski definition) is 2. The van der Waals surface area contributed by atoms with Gasteiger partial charge in [-0.15, -0.1) is 0 Å². The Balaban J connectivity index is 1.07. The van der Waals surface area contributed by atoms with E-state index >= 15 is 0 Å². The van der Waals surface area contributed by atoms with E-state index in [1.807, 2.05) is 16.7 Å². The van der Waals surface area contributed by atoms with Crippen molar-refractivity contribution in [1.29, 1.82) is 0 Å². The minimum absolute atomic E-state index is 0.0133. The number of nitrogens with one attached hydrogen (secondary N) is 1. The Morgan fingerprint density at radius 3 is 2.67 bits per heavy atom. The number of aromatic carboxylic acids is 1. The first-order valence-corrected chi connectivity index (χ1v) is 14.6. The maximum absolute atomic E-state index is 14.4. The van der Waals surface area contributed by atoms with Gasteiger partial charge in [0.25, 0.3) is 0 Å². The van der Waals surface area contributed by atoms with Crippen LogP contribution in [0.3, 0.4) is 0 Å². The SMILES string of the molecule is O=C(O)c1ccc2nc(CN3CCC(c4c[nH]c5ccc(Cc6ccc(Cl)cc6F)nc45)CC3)n(C[C@@H]3CCO3)c2n1. The van der Waals surface area contributed by atoms with Gasteiger partial charge in [-0.3, -0.25) is 9.88 Å². The molecule has 2 saturated heterocycles. The van der Waals surface area contributed by atoms with E-state index in [9.17, 15) is 14.3 Å². The van der Waals surface area contributed by atoms with E-state index in [2.05, 4.69) is 21.1 Å².